The first kappa shape index (κ1) is 14.1. The van der Waals surface area contributed by atoms with E-state index in [2.05, 4.69) is 32.3 Å². The van der Waals surface area contributed by atoms with E-state index < -0.39 is 0 Å². The van der Waals surface area contributed by atoms with Crippen LogP contribution in [0.5, 0.6) is 0 Å². The van der Waals surface area contributed by atoms with Gasteiger partial charge in [-0.3, -0.25) is 5.10 Å². The lowest BCUT2D eigenvalue weighted by molar-refractivity contribution is 0.554. The van der Waals surface area contributed by atoms with Crippen molar-refractivity contribution in [1.29, 1.82) is 0 Å². The molecule has 2 aromatic heterocycles. The van der Waals surface area contributed by atoms with E-state index in [4.69, 9.17) is 4.98 Å². The molecule has 3 rings (SSSR count). The number of H-pyrrole nitrogens is 1. The van der Waals surface area contributed by atoms with Crippen LogP contribution in [0.25, 0.3) is 11.0 Å². The molecule has 6 nitrogen and oxygen atoms in total. The van der Waals surface area contributed by atoms with Gasteiger partial charge in [-0.25, -0.2) is 0 Å². The molecule has 21 heavy (non-hydrogen) atoms. The molecule has 0 amide bonds. The first-order valence-corrected chi connectivity index (χ1v) is 8.08. The van der Waals surface area contributed by atoms with Gasteiger partial charge in [-0.2, -0.15) is 15.1 Å². The van der Waals surface area contributed by atoms with Gasteiger partial charge >= 0.3 is 0 Å². The SMILES string of the molecule is CCCNc1nc(N2CCCCCCC2)c2cn[nH]c2n1. The molecule has 0 saturated carbocycles. The Morgan fingerprint density at radius 1 is 1.14 bits per heavy atom. The Hall–Kier alpha value is -1.85. The summed E-state index contributed by atoms with van der Waals surface area (Å²) in [7, 11) is 0. The molecule has 6 heteroatoms. The van der Waals surface area contributed by atoms with Gasteiger partial charge in [0.15, 0.2) is 5.65 Å². The van der Waals surface area contributed by atoms with Gasteiger partial charge in [-0.15, -0.1) is 0 Å². The molecule has 0 aliphatic carbocycles. The quantitative estimate of drug-likeness (QED) is 0.905. The zero-order valence-corrected chi connectivity index (χ0v) is 12.7. The van der Waals surface area contributed by atoms with Gasteiger partial charge < -0.3 is 10.2 Å². The van der Waals surface area contributed by atoms with E-state index in [1.165, 1.54) is 32.1 Å². The second-order valence-electron chi connectivity index (χ2n) is 5.68. The van der Waals surface area contributed by atoms with Crippen LogP contribution in [0, 0.1) is 0 Å². The standard InChI is InChI=1S/C15H24N6/c1-2-8-16-15-18-13-12(11-17-20-13)14(19-15)21-9-6-4-3-5-7-10-21/h11H,2-10H2,1H3,(H2,16,17,18,19,20). The number of fused-ring (bicyclic) bond motifs is 1. The highest BCUT2D eigenvalue weighted by Crippen LogP contribution is 2.26. The van der Waals surface area contributed by atoms with Crippen LogP contribution in [-0.4, -0.2) is 39.8 Å². The zero-order valence-electron chi connectivity index (χ0n) is 12.7. The number of nitrogens with one attached hydrogen (secondary N) is 2. The van der Waals surface area contributed by atoms with E-state index in [0.29, 0.717) is 5.95 Å². The number of aromatic nitrogens is 4. The van der Waals surface area contributed by atoms with E-state index in [0.717, 1.165) is 42.9 Å². The molecule has 114 valence electrons. The molecule has 1 saturated heterocycles. The summed E-state index contributed by atoms with van der Waals surface area (Å²) < 4.78 is 0. The minimum Gasteiger partial charge on any atom is -0.356 e. The van der Waals surface area contributed by atoms with Gasteiger partial charge in [0.1, 0.15) is 5.82 Å². The highest BCUT2D eigenvalue weighted by molar-refractivity contribution is 5.87. The first-order chi connectivity index (χ1) is 10.4. The Morgan fingerprint density at radius 3 is 2.67 bits per heavy atom. The predicted molar refractivity (Wildman–Crippen MR) is 85.8 cm³/mol. The third-order valence-electron chi connectivity index (χ3n) is 3.98. The molecule has 0 bridgehead atoms. The number of nitrogens with zero attached hydrogens (tertiary/aromatic N) is 4. The number of aromatic amines is 1. The maximum atomic E-state index is 4.75. The summed E-state index contributed by atoms with van der Waals surface area (Å²) in [6, 6.07) is 0. The van der Waals surface area contributed by atoms with Gasteiger partial charge in [-0.1, -0.05) is 26.2 Å². The Bertz CT molecular complexity index is 571. The van der Waals surface area contributed by atoms with Crippen molar-refractivity contribution in [3.63, 3.8) is 0 Å². The summed E-state index contributed by atoms with van der Waals surface area (Å²) in [5, 5.41) is 11.4. The number of anilines is 2. The molecule has 0 unspecified atom stereocenters. The van der Waals surface area contributed by atoms with E-state index >= 15 is 0 Å². The Labute approximate surface area is 125 Å². The molecular formula is C15H24N6. The fraction of sp³-hybridized carbons (Fsp3) is 0.667. The largest absolute Gasteiger partial charge is 0.356 e. The molecule has 3 heterocycles. The molecule has 1 aliphatic rings. The summed E-state index contributed by atoms with van der Waals surface area (Å²) in [4.78, 5) is 11.7. The van der Waals surface area contributed by atoms with Gasteiger partial charge in [-0.05, 0) is 19.3 Å². The fourth-order valence-corrected chi connectivity index (χ4v) is 2.84. The van der Waals surface area contributed by atoms with Crippen LogP contribution in [0.3, 0.4) is 0 Å². The van der Waals surface area contributed by atoms with Gasteiger partial charge in [0.05, 0.1) is 11.6 Å². The molecule has 0 spiro atoms. The maximum absolute atomic E-state index is 4.75. The van der Waals surface area contributed by atoms with Gasteiger partial charge in [0.2, 0.25) is 5.95 Å². The molecule has 2 N–H and O–H groups in total. The van der Waals surface area contributed by atoms with Crippen LogP contribution < -0.4 is 10.2 Å². The molecular weight excluding hydrogens is 264 g/mol. The first-order valence-electron chi connectivity index (χ1n) is 8.08. The number of hydrogen-bond acceptors (Lipinski definition) is 5. The van der Waals surface area contributed by atoms with Crippen LogP contribution in [0.4, 0.5) is 11.8 Å². The Morgan fingerprint density at radius 2 is 1.90 bits per heavy atom. The summed E-state index contributed by atoms with van der Waals surface area (Å²) in [5.74, 6) is 1.72. The van der Waals surface area contributed by atoms with Crippen molar-refractivity contribution in [2.45, 2.75) is 45.4 Å². The highest BCUT2D eigenvalue weighted by Gasteiger charge is 2.16. The van der Waals surface area contributed by atoms with Crippen molar-refractivity contribution in [2.24, 2.45) is 0 Å². The van der Waals surface area contributed by atoms with Crippen molar-refractivity contribution in [1.82, 2.24) is 20.2 Å². The molecule has 0 radical (unpaired) electrons. The zero-order chi connectivity index (χ0) is 14.5. The third kappa shape index (κ3) is 3.25. The molecule has 0 aromatic carbocycles. The Balaban J connectivity index is 1.92. The van der Waals surface area contributed by atoms with Crippen molar-refractivity contribution in [3.05, 3.63) is 6.20 Å². The summed E-state index contributed by atoms with van der Waals surface area (Å²) >= 11 is 0. The topological polar surface area (TPSA) is 69.7 Å². The molecule has 1 fully saturated rings. The van der Waals surface area contributed by atoms with Crippen LogP contribution in [0.2, 0.25) is 0 Å². The lowest BCUT2D eigenvalue weighted by Crippen LogP contribution is -2.28. The molecule has 1 aliphatic heterocycles. The van der Waals surface area contributed by atoms with Crippen LogP contribution in [0.1, 0.15) is 45.4 Å². The van der Waals surface area contributed by atoms with Gasteiger partial charge in [0.25, 0.3) is 0 Å². The highest BCUT2D eigenvalue weighted by atomic mass is 15.3. The van der Waals surface area contributed by atoms with E-state index in [9.17, 15) is 0 Å². The summed E-state index contributed by atoms with van der Waals surface area (Å²) in [5.41, 5.74) is 0.820. The van der Waals surface area contributed by atoms with E-state index in [1.54, 1.807) is 0 Å². The van der Waals surface area contributed by atoms with Crippen LogP contribution in [0.15, 0.2) is 6.20 Å². The molecule has 0 atom stereocenters. The number of rotatable bonds is 4. The third-order valence-corrected chi connectivity index (χ3v) is 3.98. The average molecular weight is 288 g/mol. The van der Waals surface area contributed by atoms with Crippen molar-refractivity contribution in [3.8, 4) is 0 Å². The lowest BCUT2D eigenvalue weighted by Gasteiger charge is -2.26. The summed E-state index contributed by atoms with van der Waals surface area (Å²) in [6.45, 7) is 5.18. The van der Waals surface area contributed by atoms with Crippen molar-refractivity contribution >= 4 is 22.8 Å². The lowest BCUT2D eigenvalue weighted by atomic mass is 10.1. The number of hydrogen-bond donors (Lipinski definition) is 2. The normalized spacial score (nSPS) is 16.7. The minimum atomic E-state index is 0.700. The molecule has 2 aromatic rings. The monoisotopic (exact) mass is 288 g/mol. The second kappa shape index (κ2) is 6.74. The summed E-state index contributed by atoms with van der Waals surface area (Å²) in [6.07, 6.45) is 9.37. The fourth-order valence-electron chi connectivity index (χ4n) is 2.84. The average Bonchev–Trinajstić information content (AvgIpc) is 2.92. The second-order valence-corrected chi connectivity index (χ2v) is 5.68. The maximum Gasteiger partial charge on any atom is 0.226 e. The Kier molecular flexibility index (Phi) is 4.52. The van der Waals surface area contributed by atoms with Crippen LogP contribution in [-0.2, 0) is 0 Å². The smallest absolute Gasteiger partial charge is 0.226 e. The minimum absolute atomic E-state index is 0.700. The van der Waals surface area contributed by atoms with Gasteiger partial charge in [0, 0.05) is 19.6 Å². The van der Waals surface area contributed by atoms with Crippen molar-refractivity contribution < 1.29 is 0 Å². The predicted octanol–water partition coefficient (Wildman–Crippen LogP) is 2.95. The van der Waals surface area contributed by atoms with Crippen molar-refractivity contribution in [2.75, 3.05) is 29.9 Å². The van der Waals surface area contributed by atoms with E-state index in [-0.39, 0.29) is 0 Å². The van der Waals surface area contributed by atoms with E-state index in [1.807, 2.05) is 6.20 Å². The van der Waals surface area contributed by atoms with Crippen LogP contribution >= 0.6 is 0 Å².